The van der Waals surface area contributed by atoms with Gasteiger partial charge in [-0.2, -0.15) is 0 Å². The quantitative estimate of drug-likeness (QED) is 0.760. The Labute approximate surface area is 163 Å². The van der Waals surface area contributed by atoms with Crippen LogP contribution in [0.5, 0.6) is 5.75 Å². The monoisotopic (exact) mass is 390 g/mol. The Hall–Kier alpha value is -2.47. The van der Waals surface area contributed by atoms with Gasteiger partial charge < -0.3 is 15.2 Å². The fourth-order valence-electron chi connectivity index (χ4n) is 3.47. The van der Waals surface area contributed by atoms with Crippen molar-refractivity contribution in [2.45, 2.75) is 32.3 Å². The number of fused-ring (bicyclic) bond motifs is 3. The summed E-state index contributed by atoms with van der Waals surface area (Å²) in [7, 11) is 1.54. The second kappa shape index (κ2) is 6.93. The molecule has 0 radical (unpaired) electrons. The summed E-state index contributed by atoms with van der Waals surface area (Å²) in [6.07, 6.45) is -0.488. The minimum absolute atomic E-state index is 0.0632. The molecule has 1 aliphatic rings. The van der Waals surface area contributed by atoms with Crippen LogP contribution >= 0.6 is 11.6 Å². The van der Waals surface area contributed by atoms with Crippen LogP contribution in [0, 0.1) is 0 Å². The number of carbonyl (C=O) groups excluding carboxylic acids is 2. The number of alkyl halides is 1. The molecule has 27 heavy (non-hydrogen) atoms. The maximum Gasteiger partial charge on any atom is 0.414 e. The van der Waals surface area contributed by atoms with Crippen molar-refractivity contribution in [3.05, 3.63) is 35.4 Å². The lowest BCUT2D eigenvalue weighted by Gasteiger charge is -2.25. The van der Waals surface area contributed by atoms with Gasteiger partial charge in [0.15, 0.2) is 0 Å². The average Bonchev–Trinajstić information content (AvgIpc) is 2.98. The minimum Gasteiger partial charge on any atom is -0.507 e. The van der Waals surface area contributed by atoms with Crippen LogP contribution in [0.15, 0.2) is 24.3 Å². The number of nitrogens with one attached hydrogen (secondary N) is 1. The second-order valence-corrected chi connectivity index (χ2v) is 7.89. The number of ether oxygens (including phenoxy) is 1. The summed E-state index contributed by atoms with van der Waals surface area (Å²) in [5.74, 6) is -0.180. The van der Waals surface area contributed by atoms with Gasteiger partial charge in [-0.15, -0.1) is 11.6 Å². The predicted molar refractivity (Wildman–Crippen MR) is 106 cm³/mol. The molecule has 0 saturated heterocycles. The zero-order valence-corrected chi connectivity index (χ0v) is 16.6. The van der Waals surface area contributed by atoms with Crippen LogP contribution in [0.25, 0.3) is 10.8 Å². The lowest BCUT2D eigenvalue weighted by molar-refractivity contribution is 0.0582. The van der Waals surface area contributed by atoms with Crippen molar-refractivity contribution in [1.82, 2.24) is 5.32 Å². The third kappa shape index (κ3) is 3.41. The first-order valence-electron chi connectivity index (χ1n) is 8.75. The molecule has 2 N–H and O–H groups in total. The van der Waals surface area contributed by atoms with Crippen LogP contribution in [-0.2, 0) is 4.74 Å². The summed E-state index contributed by atoms with van der Waals surface area (Å²) in [5.41, 5.74) is 1.14. The van der Waals surface area contributed by atoms with Crippen molar-refractivity contribution >= 4 is 40.1 Å². The number of benzene rings is 2. The van der Waals surface area contributed by atoms with Crippen molar-refractivity contribution in [2.24, 2.45) is 0 Å². The molecule has 0 spiro atoms. The van der Waals surface area contributed by atoms with Crippen LogP contribution in [0.2, 0.25) is 0 Å². The third-order valence-corrected chi connectivity index (χ3v) is 4.91. The fourth-order valence-corrected chi connectivity index (χ4v) is 3.72. The van der Waals surface area contributed by atoms with E-state index in [4.69, 9.17) is 16.3 Å². The Kier molecular flexibility index (Phi) is 4.95. The summed E-state index contributed by atoms with van der Waals surface area (Å²) >= 11 is 6.19. The molecule has 0 fully saturated rings. The predicted octanol–water partition coefficient (Wildman–Crippen LogP) is 3.98. The van der Waals surface area contributed by atoms with E-state index in [0.717, 1.165) is 5.56 Å². The summed E-state index contributed by atoms with van der Waals surface area (Å²) < 4.78 is 5.50. The highest BCUT2D eigenvalue weighted by Crippen LogP contribution is 2.46. The van der Waals surface area contributed by atoms with E-state index in [2.05, 4.69) is 5.32 Å². The van der Waals surface area contributed by atoms with Gasteiger partial charge >= 0.3 is 6.09 Å². The number of aromatic hydroxyl groups is 1. The summed E-state index contributed by atoms with van der Waals surface area (Å²) in [5, 5.41) is 14.4. The molecule has 1 aliphatic heterocycles. The summed E-state index contributed by atoms with van der Waals surface area (Å²) in [6.45, 7) is 5.76. The Bertz CT molecular complexity index is 920. The molecular formula is C20H23ClN2O4. The minimum atomic E-state index is -0.637. The van der Waals surface area contributed by atoms with Crippen molar-refractivity contribution in [2.75, 3.05) is 24.4 Å². The van der Waals surface area contributed by atoms with Crippen LogP contribution in [0.4, 0.5) is 10.5 Å². The van der Waals surface area contributed by atoms with Crippen molar-refractivity contribution in [1.29, 1.82) is 0 Å². The highest BCUT2D eigenvalue weighted by Gasteiger charge is 2.37. The lowest BCUT2D eigenvalue weighted by atomic mass is 9.93. The van der Waals surface area contributed by atoms with E-state index < -0.39 is 11.7 Å². The largest absolute Gasteiger partial charge is 0.507 e. The zero-order valence-electron chi connectivity index (χ0n) is 15.8. The van der Waals surface area contributed by atoms with Gasteiger partial charge in [0.25, 0.3) is 5.91 Å². The van der Waals surface area contributed by atoms with Crippen LogP contribution in [-0.4, -0.2) is 42.2 Å². The van der Waals surface area contributed by atoms with Crippen molar-refractivity contribution < 1.29 is 19.4 Å². The molecule has 2 aromatic rings. The highest BCUT2D eigenvalue weighted by atomic mass is 35.5. The first-order valence-corrected chi connectivity index (χ1v) is 9.28. The van der Waals surface area contributed by atoms with E-state index >= 15 is 0 Å². The first-order chi connectivity index (χ1) is 12.7. The first kappa shape index (κ1) is 19.3. The number of anilines is 1. The lowest BCUT2D eigenvalue weighted by Crippen LogP contribution is -2.36. The number of phenolic OH excluding ortho intramolecular Hbond substituents is 1. The van der Waals surface area contributed by atoms with Gasteiger partial charge in [0.05, 0.1) is 11.3 Å². The number of rotatable bonds is 2. The molecule has 144 valence electrons. The molecule has 3 rings (SSSR count). The van der Waals surface area contributed by atoms with Gasteiger partial charge in [-0.3, -0.25) is 9.69 Å². The number of carbonyl (C=O) groups is 2. The van der Waals surface area contributed by atoms with Gasteiger partial charge in [-0.05, 0) is 37.8 Å². The summed E-state index contributed by atoms with van der Waals surface area (Å²) in [4.78, 5) is 26.4. The van der Waals surface area contributed by atoms with Crippen LogP contribution in [0.3, 0.4) is 0 Å². The molecule has 1 heterocycles. The van der Waals surface area contributed by atoms with Gasteiger partial charge in [0.1, 0.15) is 11.4 Å². The maximum absolute atomic E-state index is 12.7. The van der Waals surface area contributed by atoms with E-state index in [1.165, 1.54) is 18.0 Å². The van der Waals surface area contributed by atoms with E-state index in [1.807, 2.05) is 6.07 Å². The van der Waals surface area contributed by atoms with E-state index in [9.17, 15) is 14.7 Å². The van der Waals surface area contributed by atoms with Gasteiger partial charge in [0.2, 0.25) is 0 Å². The smallest absolute Gasteiger partial charge is 0.414 e. The number of amides is 2. The van der Waals surface area contributed by atoms with Crippen molar-refractivity contribution in [3.63, 3.8) is 0 Å². The molecule has 1 atom stereocenters. The second-order valence-electron chi connectivity index (χ2n) is 7.58. The van der Waals surface area contributed by atoms with Crippen LogP contribution < -0.4 is 10.2 Å². The van der Waals surface area contributed by atoms with Crippen LogP contribution in [0.1, 0.15) is 42.6 Å². The Balaban J connectivity index is 2.21. The number of halogens is 1. The molecule has 0 aliphatic carbocycles. The highest BCUT2D eigenvalue weighted by molar-refractivity contribution is 6.19. The Morgan fingerprint density at radius 1 is 1.37 bits per heavy atom. The third-order valence-electron chi connectivity index (χ3n) is 4.53. The SMILES string of the molecule is CNC(=O)c1cccc2c3c(cc(O)c12)N(C(=O)OC(C)(C)C)CC3CCl. The van der Waals surface area contributed by atoms with E-state index in [0.29, 0.717) is 34.4 Å². The molecule has 0 aromatic heterocycles. The Morgan fingerprint density at radius 2 is 2.07 bits per heavy atom. The van der Waals surface area contributed by atoms with Crippen molar-refractivity contribution in [3.8, 4) is 5.75 Å². The van der Waals surface area contributed by atoms with E-state index in [1.54, 1.807) is 32.9 Å². The fraction of sp³-hybridized carbons (Fsp3) is 0.400. The Morgan fingerprint density at radius 3 is 2.67 bits per heavy atom. The number of nitrogens with zero attached hydrogens (tertiary/aromatic N) is 1. The number of hydrogen-bond acceptors (Lipinski definition) is 4. The molecule has 6 nitrogen and oxygen atoms in total. The molecular weight excluding hydrogens is 368 g/mol. The standard InChI is InChI=1S/C20H23ClN2O4/c1-20(2,3)27-19(26)23-10-11(9-21)16-12-6-5-7-13(18(25)22-4)17(12)15(24)8-14(16)23/h5-8,11,24H,9-10H2,1-4H3,(H,22,25). The average molecular weight is 391 g/mol. The van der Waals surface area contributed by atoms with Gasteiger partial charge in [0, 0.05) is 36.8 Å². The molecule has 1 unspecified atom stereocenters. The molecule has 0 saturated carbocycles. The van der Waals surface area contributed by atoms with E-state index in [-0.39, 0.29) is 17.6 Å². The number of hydrogen-bond donors (Lipinski definition) is 2. The molecule has 2 aromatic carbocycles. The topological polar surface area (TPSA) is 78.9 Å². The summed E-state index contributed by atoms with van der Waals surface area (Å²) in [6, 6.07) is 6.76. The zero-order chi connectivity index (χ0) is 19.9. The molecule has 0 bridgehead atoms. The van der Waals surface area contributed by atoms with Gasteiger partial charge in [-0.1, -0.05) is 12.1 Å². The maximum atomic E-state index is 12.7. The normalized spacial score (nSPS) is 16.3. The molecule has 7 heteroatoms. The van der Waals surface area contributed by atoms with Gasteiger partial charge in [-0.25, -0.2) is 4.79 Å². The number of phenols is 1. The molecule has 2 amide bonds.